The molecule has 0 saturated carbocycles. The lowest BCUT2D eigenvalue weighted by molar-refractivity contribution is 0.186. The van der Waals surface area contributed by atoms with Crippen LogP contribution >= 0.6 is 0 Å². The lowest BCUT2D eigenvalue weighted by Crippen LogP contribution is -2.53. The quantitative estimate of drug-likeness (QED) is 0.647. The lowest BCUT2D eigenvalue weighted by Gasteiger charge is -2.35. The van der Waals surface area contributed by atoms with Gasteiger partial charge in [-0.2, -0.15) is 12.7 Å². The highest BCUT2D eigenvalue weighted by molar-refractivity contribution is 7.87. The number of rotatable bonds is 8. The molecule has 7 heteroatoms. The van der Waals surface area contributed by atoms with Crippen molar-refractivity contribution in [2.45, 2.75) is 45.1 Å². The molecule has 0 radical (unpaired) electrons. The normalized spacial score (nSPS) is 28.0. The first kappa shape index (κ1) is 17.1. The van der Waals surface area contributed by atoms with Gasteiger partial charge in [-0.15, -0.1) is 0 Å². The molecule has 0 spiro atoms. The van der Waals surface area contributed by atoms with Crippen LogP contribution in [0, 0.1) is 5.92 Å². The summed E-state index contributed by atoms with van der Waals surface area (Å²) in [5.41, 5.74) is 0. The first-order valence-electron chi connectivity index (χ1n) is 8.18. The van der Waals surface area contributed by atoms with E-state index >= 15 is 0 Å². The Kier molecular flexibility index (Phi) is 6.88. The Balaban J connectivity index is 1.87. The predicted molar refractivity (Wildman–Crippen MR) is 83.4 cm³/mol. The summed E-state index contributed by atoms with van der Waals surface area (Å²) in [5, 5.41) is 3.35. The van der Waals surface area contributed by atoms with Gasteiger partial charge in [-0.25, -0.2) is 4.72 Å². The molecule has 124 valence electrons. The second-order valence-corrected chi connectivity index (χ2v) is 7.76. The molecular formula is C14H29N3O3S. The minimum atomic E-state index is -3.37. The molecule has 2 heterocycles. The molecule has 0 aliphatic carbocycles. The fraction of sp³-hybridized carbons (Fsp3) is 1.00. The van der Waals surface area contributed by atoms with Gasteiger partial charge in [0.15, 0.2) is 0 Å². The molecule has 2 rings (SSSR count). The molecule has 2 fully saturated rings. The number of piperidine rings is 1. The summed E-state index contributed by atoms with van der Waals surface area (Å²) in [4.78, 5) is 0. The Bertz CT molecular complexity index is 396. The van der Waals surface area contributed by atoms with Crippen LogP contribution in [0.3, 0.4) is 0 Å². The summed E-state index contributed by atoms with van der Waals surface area (Å²) in [6, 6.07) is 0.0858. The average Bonchev–Trinajstić information content (AvgIpc) is 2.99. The van der Waals surface area contributed by atoms with Crippen molar-refractivity contribution < 1.29 is 13.2 Å². The number of hydrogen-bond donors (Lipinski definition) is 2. The van der Waals surface area contributed by atoms with Gasteiger partial charge in [0.2, 0.25) is 0 Å². The van der Waals surface area contributed by atoms with Gasteiger partial charge in [-0.3, -0.25) is 0 Å². The van der Waals surface area contributed by atoms with Gasteiger partial charge in [-0.05, 0) is 38.1 Å². The summed E-state index contributed by atoms with van der Waals surface area (Å²) in [6.45, 7) is 6.36. The average molecular weight is 319 g/mol. The Hall–Kier alpha value is -0.210. The van der Waals surface area contributed by atoms with Crippen LogP contribution in [0.15, 0.2) is 0 Å². The molecule has 2 aliphatic rings. The van der Waals surface area contributed by atoms with Crippen LogP contribution in [0.25, 0.3) is 0 Å². The zero-order valence-corrected chi connectivity index (χ0v) is 13.8. The third kappa shape index (κ3) is 5.17. The smallest absolute Gasteiger partial charge is 0.279 e. The summed E-state index contributed by atoms with van der Waals surface area (Å²) >= 11 is 0. The molecule has 2 saturated heterocycles. The van der Waals surface area contributed by atoms with Gasteiger partial charge in [0.25, 0.3) is 10.2 Å². The van der Waals surface area contributed by atoms with Crippen LogP contribution < -0.4 is 10.0 Å². The van der Waals surface area contributed by atoms with Gasteiger partial charge in [0, 0.05) is 32.3 Å². The molecule has 2 aliphatic heterocycles. The Labute approximate surface area is 128 Å². The number of nitrogens with one attached hydrogen (secondary N) is 2. The van der Waals surface area contributed by atoms with E-state index in [1.54, 1.807) is 4.31 Å². The Morgan fingerprint density at radius 3 is 2.81 bits per heavy atom. The molecule has 0 amide bonds. The first-order chi connectivity index (χ1) is 10.1. The highest BCUT2D eigenvalue weighted by Crippen LogP contribution is 2.20. The van der Waals surface area contributed by atoms with Crippen molar-refractivity contribution in [1.29, 1.82) is 0 Å². The highest BCUT2D eigenvalue weighted by atomic mass is 32.2. The predicted octanol–water partition coefficient (Wildman–Crippen LogP) is 0.711. The minimum absolute atomic E-state index is 0.0858. The third-order valence-corrected chi connectivity index (χ3v) is 5.90. The van der Waals surface area contributed by atoms with E-state index in [1.807, 2.05) is 0 Å². The van der Waals surface area contributed by atoms with E-state index < -0.39 is 10.2 Å². The largest absolute Gasteiger partial charge is 0.381 e. The number of ether oxygens (including phenoxy) is 1. The monoisotopic (exact) mass is 319 g/mol. The standard InChI is InChI=1S/C14H29N3O3S/c1-2-7-15-11-14-5-3-4-8-17(14)21(18,19)16-10-13-6-9-20-12-13/h13-16H,2-12H2,1H3. The fourth-order valence-electron chi connectivity index (χ4n) is 2.99. The van der Waals surface area contributed by atoms with Gasteiger partial charge in [-0.1, -0.05) is 13.3 Å². The van der Waals surface area contributed by atoms with Crippen LogP contribution in [-0.4, -0.2) is 58.2 Å². The van der Waals surface area contributed by atoms with Crippen LogP contribution in [0.1, 0.15) is 39.0 Å². The summed E-state index contributed by atoms with van der Waals surface area (Å²) < 4.78 is 34.8. The van der Waals surface area contributed by atoms with Crippen molar-refractivity contribution >= 4 is 10.2 Å². The lowest BCUT2D eigenvalue weighted by atomic mass is 10.1. The number of hydrogen-bond acceptors (Lipinski definition) is 4. The highest BCUT2D eigenvalue weighted by Gasteiger charge is 2.32. The maximum Gasteiger partial charge on any atom is 0.279 e. The maximum absolute atomic E-state index is 12.5. The zero-order valence-electron chi connectivity index (χ0n) is 13.0. The van der Waals surface area contributed by atoms with Crippen LogP contribution in [0.4, 0.5) is 0 Å². The van der Waals surface area contributed by atoms with E-state index in [-0.39, 0.29) is 6.04 Å². The van der Waals surface area contributed by atoms with Gasteiger partial charge >= 0.3 is 0 Å². The van der Waals surface area contributed by atoms with Crippen molar-refractivity contribution in [2.24, 2.45) is 5.92 Å². The Morgan fingerprint density at radius 1 is 1.24 bits per heavy atom. The van der Waals surface area contributed by atoms with Crippen LogP contribution in [-0.2, 0) is 14.9 Å². The van der Waals surface area contributed by atoms with E-state index in [2.05, 4.69) is 17.0 Å². The first-order valence-corrected chi connectivity index (χ1v) is 9.62. The summed E-state index contributed by atoms with van der Waals surface area (Å²) in [7, 11) is -3.37. The molecule has 2 atom stereocenters. The van der Waals surface area contributed by atoms with E-state index in [4.69, 9.17) is 4.74 Å². The fourth-order valence-corrected chi connectivity index (χ4v) is 4.54. The van der Waals surface area contributed by atoms with E-state index in [1.165, 1.54) is 0 Å². The topological polar surface area (TPSA) is 70.7 Å². The Morgan fingerprint density at radius 2 is 2.10 bits per heavy atom. The molecule has 2 unspecified atom stereocenters. The van der Waals surface area contributed by atoms with E-state index in [9.17, 15) is 8.42 Å². The maximum atomic E-state index is 12.5. The third-order valence-electron chi connectivity index (χ3n) is 4.27. The minimum Gasteiger partial charge on any atom is -0.381 e. The zero-order chi connectivity index (χ0) is 15.1. The molecule has 21 heavy (non-hydrogen) atoms. The molecule has 6 nitrogen and oxygen atoms in total. The SMILES string of the molecule is CCCNCC1CCCCN1S(=O)(=O)NCC1CCOC1. The van der Waals surface area contributed by atoms with Crippen LogP contribution in [0.5, 0.6) is 0 Å². The van der Waals surface area contributed by atoms with Crippen molar-refractivity contribution in [2.75, 3.05) is 39.4 Å². The number of nitrogens with zero attached hydrogens (tertiary/aromatic N) is 1. The second-order valence-electron chi connectivity index (χ2n) is 6.05. The van der Waals surface area contributed by atoms with Crippen molar-refractivity contribution in [1.82, 2.24) is 14.3 Å². The molecule has 0 bridgehead atoms. The second kappa shape index (κ2) is 8.43. The van der Waals surface area contributed by atoms with Crippen molar-refractivity contribution in [3.8, 4) is 0 Å². The summed E-state index contributed by atoms with van der Waals surface area (Å²) in [6.07, 6.45) is 5.03. The molecular weight excluding hydrogens is 290 g/mol. The molecule has 0 aromatic heterocycles. The summed E-state index contributed by atoms with van der Waals surface area (Å²) in [5.74, 6) is 0.321. The van der Waals surface area contributed by atoms with E-state index in [0.717, 1.165) is 51.8 Å². The van der Waals surface area contributed by atoms with Crippen molar-refractivity contribution in [3.05, 3.63) is 0 Å². The molecule has 0 aromatic rings. The molecule has 0 aromatic carbocycles. The van der Waals surface area contributed by atoms with E-state index in [0.29, 0.717) is 25.6 Å². The van der Waals surface area contributed by atoms with Gasteiger partial charge in [0.05, 0.1) is 6.61 Å². The van der Waals surface area contributed by atoms with Gasteiger partial charge < -0.3 is 10.1 Å². The van der Waals surface area contributed by atoms with Gasteiger partial charge in [0.1, 0.15) is 0 Å². The molecule has 2 N–H and O–H groups in total. The van der Waals surface area contributed by atoms with Crippen LogP contribution in [0.2, 0.25) is 0 Å². The van der Waals surface area contributed by atoms with Crippen molar-refractivity contribution in [3.63, 3.8) is 0 Å².